The fraction of sp³-hybridized carbons (Fsp3) is 0.294. The molecule has 0 aliphatic carbocycles. The molecule has 1 N–H and O–H groups in total. The molecule has 0 atom stereocenters. The van der Waals surface area contributed by atoms with Gasteiger partial charge in [-0.25, -0.2) is 0 Å². The Labute approximate surface area is 130 Å². The Balaban J connectivity index is 1.93. The average Bonchev–Trinajstić information content (AvgIpc) is 2.49. The number of anilines is 1. The second-order valence-electron chi connectivity index (χ2n) is 4.81. The summed E-state index contributed by atoms with van der Waals surface area (Å²) in [6.45, 7) is 3.86. The van der Waals surface area contributed by atoms with Crippen LogP contribution in [0.4, 0.5) is 5.69 Å². The van der Waals surface area contributed by atoms with Gasteiger partial charge in [0.15, 0.2) is 0 Å². The van der Waals surface area contributed by atoms with E-state index in [0.717, 1.165) is 34.1 Å². The topological polar surface area (TPSA) is 30.5 Å². The maximum Gasteiger partial charge on any atom is 0.119 e. The van der Waals surface area contributed by atoms with Crippen LogP contribution in [0.15, 0.2) is 42.5 Å². The zero-order chi connectivity index (χ0) is 15.1. The summed E-state index contributed by atoms with van der Waals surface area (Å²) in [7, 11) is 1.66. The number of benzene rings is 2. The quantitative estimate of drug-likeness (QED) is 0.774. The summed E-state index contributed by atoms with van der Waals surface area (Å²) >= 11 is 6.12. The van der Waals surface area contributed by atoms with Gasteiger partial charge in [-0.2, -0.15) is 0 Å². The summed E-state index contributed by atoms with van der Waals surface area (Å²) in [5.41, 5.74) is 3.24. The molecular formula is C17H20ClNO2. The second kappa shape index (κ2) is 7.91. The Morgan fingerprint density at radius 1 is 1.10 bits per heavy atom. The Kier molecular flexibility index (Phi) is 5.90. The SMILES string of the molecule is COCCOc1cccc(CNc2ccc(C)c(Cl)c2)c1. The van der Waals surface area contributed by atoms with E-state index in [-0.39, 0.29) is 0 Å². The molecule has 4 heteroatoms. The van der Waals surface area contributed by atoms with Crippen molar-refractivity contribution in [3.05, 3.63) is 58.6 Å². The summed E-state index contributed by atoms with van der Waals surface area (Å²) in [6.07, 6.45) is 0. The van der Waals surface area contributed by atoms with Crippen LogP contribution < -0.4 is 10.1 Å². The van der Waals surface area contributed by atoms with Crippen molar-refractivity contribution in [3.63, 3.8) is 0 Å². The first kappa shape index (κ1) is 15.7. The fourth-order valence-electron chi connectivity index (χ4n) is 1.90. The highest BCUT2D eigenvalue weighted by atomic mass is 35.5. The Morgan fingerprint density at radius 2 is 1.95 bits per heavy atom. The molecule has 0 saturated heterocycles. The average molecular weight is 306 g/mol. The highest BCUT2D eigenvalue weighted by molar-refractivity contribution is 6.31. The van der Waals surface area contributed by atoms with Crippen LogP contribution >= 0.6 is 11.6 Å². The second-order valence-corrected chi connectivity index (χ2v) is 5.21. The van der Waals surface area contributed by atoms with Gasteiger partial charge in [-0.05, 0) is 42.3 Å². The van der Waals surface area contributed by atoms with Crippen molar-refractivity contribution in [2.75, 3.05) is 25.6 Å². The smallest absolute Gasteiger partial charge is 0.119 e. The number of nitrogens with one attached hydrogen (secondary N) is 1. The third-order valence-corrected chi connectivity index (χ3v) is 3.53. The number of hydrogen-bond donors (Lipinski definition) is 1. The molecule has 2 aromatic rings. The molecule has 0 bridgehead atoms. The first-order valence-electron chi connectivity index (χ1n) is 6.90. The molecule has 0 aliphatic heterocycles. The zero-order valence-electron chi connectivity index (χ0n) is 12.4. The van der Waals surface area contributed by atoms with Crippen LogP contribution in [0.3, 0.4) is 0 Å². The molecular weight excluding hydrogens is 286 g/mol. The molecule has 0 aromatic heterocycles. The molecule has 0 spiro atoms. The van der Waals surface area contributed by atoms with Crippen molar-refractivity contribution in [1.29, 1.82) is 0 Å². The van der Waals surface area contributed by atoms with Gasteiger partial charge in [0.1, 0.15) is 12.4 Å². The summed E-state index contributed by atoms with van der Waals surface area (Å²) in [4.78, 5) is 0. The van der Waals surface area contributed by atoms with E-state index in [0.29, 0.717) is 13.2 Å². The van der Waals surface area contributed by atoms with Gasteiger partial charge in [-0.15, -0.1) is 0 Å². The number of ether oxygens (including phenoxy) is 2. The lowest BCUT2D eigenvalue weighted by Gasteiger charge is -2.10. The Hall–Kier alpha value is -1.71. The first-order chi connectivity index (χ1) is 10.2. The van der Waals surface area contributed by atoms with Gasteiger partial charge in [0.05, 0.1) is 6.61 Å². The maximum atomic E-state index is 6.12. The van der Waals surface area contributed by atoms with Gasteiger partial charge in [0, 0.05) is 24.4 Å². The molecule has 3 nitrogen and oxygen atoms in total. The summed E-state index contributed by atoms with van der Waals surface area (Å²) in [5.74, 6) is 0.855. The summed E-state index contributed by atoms with van der Waals surface area (Å²) < 4.78 is 10.6. The first-order valence-corrected chi connectivity index (χ1v) is 7.27. The molecule has 0 saturated carbocycles. The molecule has 0 heterocycles. The van der Waals surface area contributed by atoms with Crippen LogP contribution in [0, 0.1) is 6.92 Å². The van der Waals surface area contributed by atoms with Crippen molar-refractivity contribution >= 4 is 17.3 Å². The number of hydrogen-bond acceptors (Lipinski definition) is 3. The van der Waals surface area contributed by atoms with Crippen molar-refractivity contribution in [1.82, 2.24) is 0 Å². The molecule has 0 fully saturated rings. The third-order valence-electron chi connectivity index (χ3n) is 3.12. The largest absolute Gasteiger partial charge is 0.491 e. The molecule has 0 amide bonds. The van der Waals surface area contributed by atoms with E-state index in [1.165, 1.54) is 0 Å². The standard InChI is InChI=1S/C17H20ClNO2/c1-13-6-7-15(11-17(13)18)19-12-14-4-3-5-16(10-14)21-9-8-20-2/h3-7,10-11,19H,8-9,12H2,1-2H3. The van der Waals surface area contributed by atoms with Crippen molar-refractivity contribution in [3.8, 4) is 5.75 Å². The molecule has 2 aromatic carbocycles. The normalized spacial score (nSPS) is 10.4. The lowest BCUT2D eigenvalue weighted by Crippen LogP contribution is -2.05. The highest BCUT2D eigenvalue weighted by Crippen LogP contribution is 2.21. The van der Waals surface area contributed by atoms with Gasteiger partial charge >= 0.3 is 0 Å². The molecule has 21 heavy (non-hydrogen) atoms. The van der Waals surface area contributed by atoms with Crippen LogP contribution in [0.25, 0.3) is 0 Å². The molecule has 0 radical (unpaired) electrons. The highest BCUT2D eigenvalue weighted by Gasteiger charge is 2.00. The maximum absolute atomic E-state index is 6.12. The fourth-order valence-corrected chi connectivity index (χ4v) is 2.08. The molecule has 112 valence electrons. The summed E-state index contributed by atoms with van der Waals surface area (Å²) in [5, 5.41) is 4.13. The molecule has 0 aliphatic rings. The minimum atomic E-state index is 0.556. The monoisotopic (exact) mass is 305 g/mol. The number of rotatable bonds is 7. The van der Waals surface area contributed by atoms with E-state index in [1.54, 1.807) is 7.11 Å². The van der Waals surface area contributed by atoms with Gasteiger partial charge in [0.25, 0.3) is 0 Å². The molecule has 2 rings (SSSR count). The lowest BCUT2D eigenvalue weighted by molar-refractivity contribution is 0.146. The Morgan fingerprint density at radius 3 is 2.71 bits per heavy atom. The van der Waals surface area contributed by atoms with Crippen LogP contribution in [-0.2, 0) is 11.3 Å². The van der Waals surface area contributed by atoms with Gasteiger partial charge < -0.3 is 14.8 Å². The van der Waals surface area contributed by atoms with E-state index in [4.69, 9.17) is 21.1 Å². The van der Waals surface area contributed by atoms with Gasteiger partial charge in [0.2, 0.25) is 0 Å². The summed E-state index contributed by atoms with van der Waals surface area (Å²) in [6, 6.07) is 14.0. The molecule has 0 unspecified atom stereocenters. The van der Waals surface area contributed by atoms with Crippen molar-refractivity contribution < 1.29 is 9.47 Å². The minimum absolute atomic E-state index is 0.556. The van der Waals surface area contributed by atoms with Gasteiger partial charge in [-0.3, -0.25) is 0 Å². The van der Waals surface area contributed by atoms with Crippen molar-refractivity contribution in [2.24, 2.45) is 0 Å². The Bertz CT molecular complexity index is 587. The zero-order valence-corrected chi connectivity index (χ0v) is 13.1. The number of aryl methyl sites for hydroxylation is 1. The van der Waals surface area contributed by atoms with Crippen LogP contribution in [0.5, 0.6) is 5.75 Å². The predicted octanol–water partition coefficient (Wildman–Crippen LogP) is 4.29. The van der Waals surface area contributed by atoms with E-state index < -0.39 is 0 Å². The van der Waals surface area contributed by atoms with E-state index in [9.17, 15) is 0 Å². The van der Waals surface area contributed by atoms with Crippen LogP contribution in [0.1, 0.15) is 11.1 Å². The van der Waals surface area contributed by atoms with E-state index in [1.807, 2.05) is 43.3 Å². The predicted molar refractivity (Wildman–Crippen MR) is 87.3 cm³/mol. The number of methoxy groups -OCH3 is 1. The van der Waals surface area contributed by atoms with Crippen LogP contribution in [-0.4, -0.2) is 20.3 Å². The van der Waals surface area contributed by atoms with E-state index >= 15 is 0 Å². The van der Waals surface area contributed by atoms with E-state index in [2.05, 4.69) is 11.4 Å². The number of halogens is 1. The van der Waals surface area contributed by atoms with Crippen molar-refractivity contribution in [2.45, 2.75) is 13.5 Å². The lowest BCUT2D eigenvalue weighted by atomic mass is 10.2. The van der Waals surface area contributed by atoms with Crippen LogP contribution in [0.2, 0.25) is 5.02 Å². The van der Waals surface area contributed by atoms with Gasteiger partial charge in [-0.1, -0.05) is 29.8 Å². The minimum Gasteiger partial charge on any atom is -0.491 e. The third kappa shape index (κ3) is 4.96.